The van der Waals surface area contributed by atoms with Crippen LogP contribution in [0, 0.1) is 6.92 Å². The Kier molecular flexibility index (Phi) is 3.92. The van der Waals surface area contributed by atoms with Crippen LogP contribution in [0.5, 0.6) is 0 Å². The van der Waals surface area contributed by atoms with Gasteiger partial charge in [0.1, 0.15) is 0 Å². The molecule has 110 valence electrons. The molecule has 0 atom stereocenters. The van der Waals surface area contributed by atoms with E-state index in [1.165, 1.54) is 29.8 Å². The predicted molar refractivity (Wildman–Crippen MR) is 82.3 cm³/mol. The molecule has 2 aliphatic rings. The third-order valence-corrected chi connectivity index (χ3v) is 4.69. The van der Waals surface area contributed by atoms with Crippen molar-refractivity contribution in [3.63, 3.8) is 0 Å². The molecule has 1 saturated heterocycles. The Balaban J connectivity index is 1.86. The third kappa shape index (κ3) is 2.66. The van der Waals surface area contributed by atoms with Crippen LogP contribution >= 0.6 is 0 Å². The van der Waals surface area contributed by atoms with Gasteiger partial charge in [0.15, 0.2) is 0 Å². The number of rotatable bonds is 2. The largest absolute Gasteiger partial charge is 0.341 e. The second-order valence-corrected chi connectivity index (χ2v) is 6.36. The first kappa shape index (κ1) is 13.8. The van der Waals surface area contributed by atoms with Crippen molar-refractivity contribution in [2.24, 2.45) is 0 Å². The highest BCUT2D eigenvalue weighted by Gasteiger charge is 2.22. The molecule has 2 aliphatic heterocycles. The summed E-state index contributed by atoms with van der Waals surface area (Å²) in [6, 6.07) is 0.621. The number of nitrogens with zero attached hydrogens (tertiary/aromatic N) is 4. The molecule has 0 aromatic carbocycles. The maximum absolute atomic E-state index is 4.90. The zero-order valence-corrected chi connectivity index (χ0v) is 13.0. The van der Waals surface area contributed by atoms with Gasteiger partial charge in [0, 0.05) is 44.3 Å². The van der Waals surface area contributed by atoms with Gasteiger partial charge >= 0.3 is 0 Å². The summed E-state index contributed by atoms with van der Waals surface area (Å²) in [5, 5.41) is 0. The summed E-state index contributed by atoms with van der Waals surface area (Å²) in [6.45, 7) is 11.2. The topological polar surface area (TPSA) is 32.3 Å². The van der Waals surface area contributed by atoms with Gasteiger partial charge in [-0.15, -0.1) is 0 Å². The molecule has 1 aromatic heterocycles. The van der Waals surface area contributed by atoms with Crippen LogP contribution in [-0.4, -0.2) is 47.1 Å². The van der Waals surface area contributed by atoms with Gasteiger partial charge in [0.25, 0.3) is 0 Å². The van der Waals surface area contributed by atoms with Crippen LogP contribution in [-0.2, 0) is 12.8 Å². The lowest BCUT2D eigenvalue weighted by atomic mass is 10.1. The fourth-order valence-electron chi connectivity index (χ4n) is 3.36. The highest BCUT2D eigenvalue weighted by atomic mass is 15.3. The third-order valence-electron chi connectivity index (χ3n) is 4.69. The second-order valence-electron chi connectivity index (χ2n) is 6.36. The Hall–Kier alpha value is -1.16. The lowest BCUT2D eigenvalue weighted by molar-refractivity contribution is 0.232. The van der Waals surface area contributed by atoms with Gasteiger partial charge in [0.05, 0.1) is 5.69 Å². The Morgan fingerprint density at radius 2 is 1.65 bits per heavy atom. The van der Waals surface area contributed by atoms with Crippen LogP contribution in [0.3, 0.4) is 0 Å². The first-order valence-electron chi connectivity index (χ1n) is 8.00. The molecule has 0 radical (unpaired) electrons. The molecule has 0 aliphatic carbocycles. The van der Waals surface area contributed by atoms with E-state index >= 15 is 0 Å². The summed E-state index contributed by atoms with van der Waals surface area (Å²) in [7, 11) is 0. The van der Waals surface area contributed by atoms with Crippen LogP contribution in [0.2, 0.25) is 0 Å². The molecule has 0 saturated carbocycles. The standard InChI is InChI=1S/C16H26N4/c1-12(2)19-10-6-14-13(3)17-16(18-15(14)7-11-19)20-8-4-5-9-20/h12H,4-11H2,1-3H3. The van der Waals surface area contributed by atoms with Gasteiger partial charge in [-0.3, -0.25) is 0 Å². The van der Waals surface area contributed by atoms with E-state index in [4.69, 9.17) is 9.97 Å². The number of hydrogen-bond acceptors (Lipinski definition) is 4. The molecule has 20 heavy (non-hydrogen) atoms. The lowest BCUT2D eigenvalue weighted by Gasteiger charge is -2.23. The fourth-order valence-corrected chi connectivity index (χ4v) is 3.36. The minimum Gasteiger partial charge on any atom is -0.341 e. The Bertz CT molecular complexity index is 478. The van der Waals surface area contributed by atoms with Gasteiger partial charge in [-0.05, 0) is 45.6 Å². The molecular formula is C16H26N4. The van der Waals surface area contributed by atoms with Crippen molar-refractivity contribution in [1.29, 1.82) is 0 Å². The zero-order chi connectivity index (χ0) is 14.1. The molecule has 4 heteroatoms. The Morgan fingerprint density at radius 1 is 0.950 bits per heavy atom. The summed E-state index contributed by atoms with van der Waals surface area (Å²) in [6.07, 6.45) is 4.72. The van der Waals surface area contributed by atoms with Crippen molar-refractivity contribution < 1.29 is 0 Å². The summed E-state index contributed by atoms with van der Waals surface area (Å²) in [5.74, 6) is 0.969. The van der Waals surface area contributed by atoms with Crippen LogP contribution < -0.4 is 4.90 Å². The van der Waals surface area contributed by atoms with E-state index < -0.39 is 0 Å². The van der Waals surface area contributed by atoms with Gasteiger partial charge in [-0.2, -0.15) is 0 Å². The van der Waals surface area contributed by atoms with E-state index in [-0.39, 0.29) is 0 Å². The molecule has 1 aromatic rings. The summed E-state index contributed by atoms with van der Waals surface area (Å²) < 4.78 is 0. The molecule has 0 N–H and O–H groups in total. The normalized spacial score (nSPS) is 20.3. The van der Waals surface area contributed by atoms with Gasteiger partial charge in [0.2, 0.25) is 5.95 Å². The van der Waals surface area contributed by atoms with Crippen molar-refractivity contribution in [1.82, 2.24) is 14.9 Å². The zero-order valence-electron chi connectivity index (χ0n) is 13.0. The molecule has 4 nitrogen and oxygen atoms in total. The van der Waals surface area contributed by atoms with Gasteiger partial charge in [-0.25, -0.2) is 9.97 Å². The lowest BCUT2D eigenvalue weighted by Crippen LogP contribution is -2.33. The van der Waals surface area contributed by atoms with Crippen molar-refractivity contribution in [3.8, 4) is 0 Å². The highest BCUT2D eigenvalue weighted by Crippen LogP contribution is 2.23. The quantitative estimate of drug-likeness (QED) is 0.827. The number of hydrogen-bond donors (Lipinski definition) is 0. The van der Waals surface area contributed by atoms with Crippen LogP contribution in [0.25, 0.3) is 0 Å². The number of fused-ring (bicyclic) bond motifs is 1. The Labute approximate surface area is 122 Å². The highest BCUT2D eigenvalue weighted by molar-refractivity contribution is 5.38. The van der Waals surface area contributed by atoms with Gasteiger partial charge in [-0.1, -0.05) is 0 Å². The maximum Gasteiger partial charge on any atom is 0.225 e. The molecule has 3 rings (SSSR count). The monoisotopic (exact) mass is 274 g/mol. The van der Waals surface area contributed by atoms with E-state index in [2.05, 4.69) is 30.6 Å². The summed E-state index contributed by atoms with van der Waals surface area (Å²) >= 11 is 0. The van der Waals surface area contributed by atoms with E-state index in [9.17, 15) is 0 Å². The number of anilines is 1. The van der Waals surface area contributed by atoms with E-state index in [1.54, 1.807) is 0 Å². The van der Waals surface area contributed by atoms with Gasteiger partial charge < -0.3 is 9.80 Å². The molecule has 1 fully saturated rings. The van der Waals surface area contributed by atoms with Crippen molar-refractivity contribution in [2.45, 2.75) is 52.5 Å². The molecular weight excluding hydrogens is 248 g/mol. The average molecular weight is 274 g/mol. The van der Waals surface area contributed by atoms with Crippen molar-refractivity contribution in [3.05, 3.63) is 17.0 Å². The first-order valence-corrected chi connectivity index (χ1v) is 8.00. The summed E-state index contributed by atoms with van der Waals surface area (Å²) in [4.78, 5) is 14.6. The fraction of sp³-hybridized carbons (Fsp3) is 0.750. The van der Waals surface area contributed by atoms with E-state index in [1.807, 2.05) is 0 Å². The van der Waals surface area contributed by atoms with Crippen LogP contribution in [0.4, 0.5) is 5.95 Å². The molecule has 3 heterocycles. The first-order chi connectivity index (χ1) is 9.65. The summed E-state index contributed by atoms with van der Waals surface area (Å²) in [5.41, 5.74) is 3.89. The predicted octanol–water partition coefficient (Wildman–Crippen LogP) is 2.19. The maximum atomic E-state index is 4.90. The molecule has 0 spiro atoms. The minimum atomic E-state index is 0.621. The van der Waals surface area contributed by atoms with E-state index in [0.29, 0.717) is 6.04 Å². The SMILES string of the molecule is Cc1nc(N2CCCC2)nc2c1CCN(C(C)C)CC2. The van der Waals surface area contributed by atoms with Crippen molar-refractivity contribution >= 4 is 5.95 Å². The number of aromatic nitrogens is 2. The smallest absolute Gasteiger partial charge is 0.225 e. The van der Waals surface area contributed by atoms with Crippen molar-refractivity contribution in [2.75, 3.05) is 31.1 Å². The Morgan fingerprint density at radius 3 is 2.35 bits per heavy atom. The second kappa shape index (κ2) is 5.68. The minimum absolute atomic E-state index is 0.621. The van der Waals surface area contributed by atoms with Crippen LogP contribution in [0.1, 0.15) is 43.6 Å². The van der Waals surface area contributed by atoms with Crippen LogP contribution in [0.15, 0.2) is 0 Å². The molecule has 0 bridgehead atoms. The van der Waals surface area contributed by atoms with E-state index in [0.717, 1.165) is 45.0 Å². The number of aryl methyl sites for hydroxylation is 1. The average Bonchev–Trinajstić information content (AvgIpc) is 2.85. The molecule has 0 amide bonds. The molecule has 0 unspecified atom stereocenters.